The van der Waals surface area contributed by atoms with Crippen LogP contribution >= 0.6 is 11.3 Å². The Morgan fingerprint density at radius 1 is 0.457 bits per heavy atom. The lowest BCUT2D eigenvalue weighted by Gasteiger charge is -2.12. The van der Waals surface area contributed by atoms with Crippen LogP contribution in [0.4, 0.5) is 0 Å². The molecule has 0 radical (unpaired) electrons. The highest BCUT2D eigenvalue weighted by molar-refractivity contribution is 7.26. The number of fused-ring (bicyclic) bond motifs is 4. The van der Waals surface area contributed by atoms with Crippen LogP contribution in [0.2, 0.25) is 0 Å². The molecule has 0 N–H and O–H groups in total. The molecule has 5 heteroatoms. The molecule has 0 saturated heterocycles. The highest BCUT2D eigenvalue weighted by atomic mass is 32.1. The number of nitrogens with zero attached hydrogens (tertiary/aromatic N) is 4. The van der Waals surface area contributed by atoms with E-state index in [1.165, 1.54) is 14.8 Å². The molecule has 3 aromatic heterocycles. The van der Waals surface area contributed by atoms with Gasteiger partial charge in [0.1, 0.15) is 5.82 Å². The summed E-state index contributed by atoms with van der Waals surface area (Å²) in [7, 11) is 0. The van der Waals surface area contributed by atoms with E-state index in [1.54, 1.807) is 11.3 Å². The summed E-state index contributed by atoms with van der Waals surface area (Å²) < 4.78 is 4.67. The average molecular weight is 607 g/mol. The summed E-state index contributed by atoms with van der Waals surface area (Å²) >= 11 is 1.80. The summed E-state index contributed by atoms with van der Waals surface area (Å²) in [4.78, 5) is 15.7. The molecule has 0 spiro atoms. The lowest BCUT2D eigenvalue weighted by Crippen LogP contribution is -1.98. The molecule has 0 unspecified atom stereocenters. The first-order valence-corrected chi connectivity index (χ1v) is 16.1. The largest absolute Gasteiger partial charge is 0.292 e. The zero-order valence-electron chi connectivity index (χ0n) is 24.7. The third kappa shape index (κ3) is 4.40. The van der Waals surface area contributed by atoms with Crippen LogP contribution in [0.15, 0.2) is 158 Å². The molecule has 0 aliphatic rings. The van der Waals surface area contributed by atoms with Crippen LogP contribution in [0.1, 0.15) is 0 Å². The van der Waals surface area contributed by atoms with E-state index < -0.39 is 0 Å². The molecule has 216 valence electrons. The van der Waals surface area contributed by atoms with Crippen LogP contribution in [0.25, 0.3) is 82.2 Å². The molecule has 0 atom stereocenters. The standard InChI is InChI=1S/C41H26N4S/c1-4-14-27(15-5-1)33-26-34(28-16-6-2-7-17-28)43-40(42-33)30-20-12-24-36-38(30)39-31(21-13-25-37(39)46-36)41-44-32-22-10-11-23-35(32)45(41)29-18-8-3-9-19-29/h1-26H. The Morgan fingerprint density at radius 3 is 1.65 bits per heavy atom. The van der Waals surface area contributed by atoms with E-state index in [9.17, 15) is 0 Å². The van der Waals surface area contributed by atoms with Crippen molar-refractivity contribution in [1.82, 2.24) is 19.5 Å². The maximum atomic E-state index is 5.24. The summed E-state index contributed by atoms with van der Waals surface area (Å²) in [6.07, 6.45) is 0. The van der Waals surface area contributed by atoms with Gasteiger partial charge in [0.25, 0.3) is 0 Å². The van der Waals surface area contributed by atoms with Crippen LogP contribution < -0.4 is 0 Å². The van der Waals surface area contributed by atoms with Gasteiger partial charge in [0, 0.05) is 48.1 Å². The van der Waals surface area contributed by atoms with E-state index in [1.807, 2.05) is 12.1 Å². The van der Waals surface area contributed by atoms with Crippen LogP contribution in [0.3, 0.4) is 0 Å². The maximum absolute atomic E-state index is 5.24. The first kappa shape index (κ1) is 26.5. The summed E-state index contributed by atoms with van der Waals surface area (Å²) in [5.74, 6) is 1.62. The highest BCUT2D eigenvalue weighted by Crippen LogP contribution is 2.45. The average Bonchev–Trinajstić information content (AvgIpc) is 3.72. The van der Waals surface area contributed by atoms with Gasteiger partial charge in [-0.3, -0.25) is 4.57 Å². The molecular formula is C41H26N4S. The maximum Gasteiger partial charge on any atom is 0.161 e. The first-order chi connectivity index (χ1) is 22.8. The number of para-hydroxylation sites is 3. The molecule has 0 amide bonds. The lowest BCUT2D eigenvalue weighted by atomic mass is 10.0. The second kappa shape index (κ2) is 10.9. The lowest BCUT2D eigenvalue weighted by molar-refractivity contribution is 1.11. The van der Waals surface area contributed by atoms with E-state index in [0.29, 0.717) is 5.82 Å². The predicted molar refractivity (Wildman–Crippen MR) is 191 cm³/mol. The van der Waals surface area contributed by atoms with E-state index in [4.69, 9.17) is 15.0 Å². The molecule has 46 heavy (non-hydrogen) atoms. The fraction of sp³-hybridized carbons (Fsp3) is 0. The van der Waals surface area contributed by atoms with Crippen molar-refractivity contribution in [3.63, 3.8) is 0 Å². The van der Waals surface area contributed by atoms with Gasteiger partial charge in [-0.25, -0.2) is 15.0 Å². The number of thiophene rings is 1. The van der Waals surface area contributed by atoms with Crippen molar-refractivity contribution in [2.24, 2.45) is 0 Å². The molecule has 0 saturated carbocycles. The molecular weight excluding hydrogens is 581 g/mol. The van der Waals surface area contributed by atoms with Crippen molar-refractivity contribution in [2.75, 3.05) is 0 Å². The third-order valence-electron chi connectivity index (χ3n) is 8.44. The minimum atomic E-state index is 0.705. The minimum Gasteiger partial charge on any atom is -0.292 e. The number of benzene rings is 6. The summed E-state index contributed by atoms with van der Waals surface area (Å²) in [5.41, 5.74) is 9.11. The number of aromatic nitrogens is 4. The molecule has 0 aliphatic heterocycles. The summed E-state index contributed by atoms with van der Waals surface area (Å²) in [5, 5.41) is 2.31. The molecule has 0 fully saturated rings. The Hall–Kier alpha value is -5.91. The minimum absolute atomic E-state index is 0.705. The Labute approximate surface area is 269 Å². The first-order valence-electron chi connectivity index (χ1n) is 15.3. The van der Waals surface area contributed by atoms with Crippen LogP contribution in [0.5, 0.6) is 0 Å². The van der Waals surface area contributed by atoms with Gasteiger partial charge in [0.15, 0.2) is 5.82 Å². The van der Waals surface area contributed by atoms with Crippen molar-refractivity contribution >= 4 is 42.5 Å². The predicted octanol–water partition coefficient (Wildman–Crippen LogP) is 10.9. The molecule has 3 heterocycles. The number of rotatable bonds is 5. The van der Waals surface area contributed by atoms with Crippen molar-refractivity contribution < 1.29 is 0 Å². The van der Waals surface area contributed by atoms with Gasteiger partial charge in [0.2, 0.25) is 0 Å². The zero-order valence-corrected chi connectivity index (χ0v) is 25.5. The van der Waals surface area contributed by atoms with Gasteiger partial charge >= 0.3 is 0 Å². The summed E-state index contributed by atoms with van der Waals surface area (Å²) in [6.45, 7) is 0. The van der Waals surface area contributed by atoms with E-state index in [0.717, 1.165) is 61.6 Å². The normalized spacial score (nSPS) is 11.5. The summed E-state index contributed by atoms with van der Waals surface area (Å²) in [6, 6.07) is 54.7. The van der Waals surface area contributed by atoms with Crippen molar-refractivity contribution in [2.45, 2.75) is 0 Å². The van der Waals surface area contributed by atoms with Crippen LogP contribution in [0, 0.1) is 0 Å². The Kier molecular flexibility index (Phi) is 6.28. The molecule has 0 aliphatic carbocycles. The van der Waals surface area contributed by atoms with E-state index in [-0.39, 0.29) is 0 Å². The monoisotopic (exact) mass is 606 g/mol. The van der Waals surface area contributed by atoms with Gasteiger partial charge in [-0.15, -0.1) is 11.3 Å². The quantitative estimate of drug-likeness (QED) is 0.196. The molecule has 6 aromatic carbocycles. The van der Waals surface area contributed by atoms with Gasteiger partial charge in [0.05, 0.1) is 22.4 Å². The third-order valence-corrected chi connectivity index (χ3v) is 9.56. The SMILES string of the molecule is c1ccc(-c2cc(-c3ccccc3)nc(-c3cccc4sc5cccc(-c6nc7ccccc7n6-c6ccccc6)c5c34)n2)cc1. The van der Waals surface area contributed by atoms with E-state index >= 15 is 0 Å². The van der Waals surface area contributed by atoms with Gasteiger partial charge < -0.3 is 0 Å². The smallest absolute Gasteiger partial charge is 0.161 e. The second-order valence-electron chi connectivity index (χ2n) is 11.2. The van der Waals surface area contributed by atoms with Crippen LogP contribution in [-0.4, -0.2) is 19.5 Å². The van der Waals surface area contributed by atoms with Gasteiger partial charge in [-0.05, 0) is 42.5 Å². The second-order valence-corrected chi connectivity index (χ2v) is 12.3. The Bertz CT molecular complexity index is 2460. The zero-order chi connectivity index (χ0) is 30.5. The van der Waals surface area contributed by atoms with Crippen molar-refractivity contribution in [3.8, 4) is 51.0 Å². The highest BCUT2D eigenvalue weighted by Gasteiger charge is 2.21. The topological polar surface area (TPSA) is 43.6 Å². The number of hydrogen-bond acceptors (Lipinski definition) is 4. The molecule has 4 nitrogen and oxygen atoms in total. The molecule has 0 bridgehead atoms. The van der Waals surface area contributed by atoms with E-state index in [2.05, 4.69) is 150 Å². The van der Waals surface area contributed by atoms with Gasteiger partial charge in [-0.1, -0.05) is 115 Å². The number of hydrogen-bond donors (Lipinski definition) is 0. The fourth-order valence-corrected chi connectivity index (χ4v) is 7.52. The van der Waals surface area contributed by atoms with Gasteiger partial charge in [-0.2, -0.15) is 0 Å². The molecule has 9 rings (SSSR count). The molecule has 9 aromatic rings. The Morgan fingerprint density at radius 2 is 1.00 bits per heavy atom. The Balaban J connectivity index is 1.35. The van der Waals surface area contributed by atoms with Crippen molar-refractivity contribution in [3.05, 3.63) is 158 Å². The van der Waals surface area contributed by atoms with Crippen LogP contribution in [-0.2, 0) is 0 Å². The van der Waals surface area contributed by atoms with Crippen molar-refractivity contribution in [1.29, 1.82) is 0 Å². The number of imidazole rings is 1. The fourth-order valence-electron chi connectivity index (χ4n) is 6.37.